The van der Waals surface area contributed by atoms with Gasteiger partial charge in [0.15, 0.2) is 5.16 Å². The number of aromatic nitrogens is 3. The molecule has 3 aromatic rings. The first-order valence-electron chi connectivity index (χ1n) is 10.6. The lowest BCUT2D eigenvalue weighted by Crippen LogP contribution is -2.18. The van der Waals surface area contributed by atoms with E-state index >= 15 is 0 Å². The highest BCUT2D eigenvalue weighted by molar-refractivity contribution is 7.99. The van der Waals surface area contributed by atoms with Crippen molar-refractivity contribution in [3.05, 3.63) is 64.5 Å². The van der Waals surface area contributed by atoms with Crippen LogP contribution in [0.2, 0.25) is 0 Å². The van der Waals surface area contributed by atoms with E-state index in [1.54, 1.807) is 0 Å². The molecule has 0 fully saturated rings. The van der Waals surface area contributed by atoms with Gasteiger partial charge >= 0.3 is 0 Å². The smallest absolute Gasteiger partial charge is 0.234 e. The molecule has 3 rings (SSSR count). The minimum Gasteiger partial charge on any atom is -0.326 e. The molecule has 0 bridgehead atoms. The molecule has 1 aromatic heterocycles. The van der Waals surface area contributed by atoms with Crippen molar-refractivity contribution in [2.24, 2.45) is 0 Å². The number of anilines is 2. The van der Waals surface area contributed by atoms with Gasteiger partial charge in [-0.3, -0.25) is 9.59 Å². The standard InChI is InChI=1S/C24H29N5O2S/c1-6-29-21(13-22(30)25-19-9-7-15(2)17(4)11-19)27-28-24(29)32-14-23(31)26-20-10-8-16(3)18(5)12-20/h7-12H,6,13-14H2,1-5H3,(H,25,30)(H,26,31). The van der Waals surface area contributed by atoms with Crippen LogP contribution in [0.5, 0.6) is 0 Å². The number of nitrogens with zero attached hydrogens (tertiary/aromatic N) is 3. The summed E-state index contributed by atoms with van der Waals surface area (Å²) in [4.78, 5) is 24.9. The Labute approximate surface area is 193 Å². The number of amides is 2. The first kappa shape index (κ1) is 23.5. The molecule has 0 spiro atoms. The number of carbonyl (C=O) groups excluding carboxylic acids is 2. The number of aryl methyl sites for hydroxylation is 4. The molecular weight excluding hydrogens is 422 g/mol. The van der Waals surface area contributed by atoms with Crippen LogP contribution >= 0.6 is 11.8 Å². The van der Waals surface area contributed by atoms with Crippen molar-refractivity contribution in [3.63, 3.8) is 0 Å². The summed E-state index contributed by atoms with van der Waals surface area (Å²) < 4.78 is 1.87. The fourth-order valence-electron chi connectivity index (χ4n) is 3.19. The molecule has 1 heterocycles. The van der Waals surface area contributed by atoms with E-state index < -0.39 is 0 Å². The van der Waals surface area contributed by atoms with Crippen molar-refractivity contribution < 1.29 is 9.59 Å². The molecule has 2 amide bonds. The third-order valence-electron chi connectivity index (χ3n) is 5.34. The molecular formula is C24H29N5O2S. The molecule has 0 aliphatic rings. The van der Waals surface area contributed by atoms with Crippen LogP contribution in [0.25, 0.3) is 0 Å². The molecule has 0 saturated heterocycles. The third-order valence-corrected chi connectivity index (χ3v) is 6.31. The molecule has 0 atom stereocenters. The zero-order valence-corrected chi connectivity index (χ0v) is 20.0. The average Bonchev–Trinajstić information content (AvgIpc) is 3.13. The Morgan fingerprint density at radius 1 is 0.844 bits per heavy atom. The quantitative estimate of drug-likeness (QED) is 0.494. The van der Waals surface area contributed by atoms with Crippen LogP contribution in [0.4, 0.5) is 11.4 Å². The highest BCUT2D eigenvalue weighted by atomic mass is 32.2. The van der Waals surface area contributed by atoms with Crippen molar-refractivity contribution in [2.45, 2.75) is 52.7 Å². The van der Waals surface area contributed by atoms with Gasteiger partial charge in [0.05, 0.1) is 12.2 Å². The Hall–Kier alpha value is -3.13. The van der Waals surface area contributed by atoms with E-state index in [0.29, 0.717) is 17.5 Å². The summed E-state index contributed by atoms with van der Waals surface area (Å²) in [7, 11) is 0. The molecule has 32 heavy (non-hydrogen) atoms. The normalized spacial score (nSPS) is 10.8. The molecule has 0 aliphatic heterocycles. The van der Waals surface area contributed by atoms with Crippen molar-refractivity contribution in [1.29, 1.82) is 0 Å². The van der Waals surface area contributed by atoms with Crippen molar-refractivity contribution in [1.82, 2.24) is 14.8 Å². The summed E-state index contributed by atoms with van der Waals surface area (Å²) >= 11 is 1.31. The monoisotopic (exact) mass is 451 g/mol. The van der Waals surface area contributed by atoms with E-state index in [4.69, 9.17) is 0 Å². The van der Waals surface area contributed by atoms with E-state index in [1.165, 1.54) is 22.9 Å². The van der Waals surface area contributed by atoms with Gasteiger partial charge < -0.3 is 15.2 Å². The molecule has 168 valence electrons. The molecule has 0 saturated carbocycles. The molecule has 2 N–H and O–H groups in total. The van der Waals surface area contributed by atoms with E-state index in [-0.39, 0.29) is 24.0 Å². The Morgan fingerprint density at radius 2 is 1.41 bits per heavy atom. The largest absolute Gasteiger partial charge is 0.326 e. The highest BCUT2D eigenvalue weighted by Crippen LogP contribution is 2.20. The second kappa shape index (κ2) is 10.5. The maximum atomic E-state index is 12.5. The lowest BCUT2D eigenvalue weighted by Gasteiger charge is -2.10. The number of hydrogen-bond acceptors (Lipinski definition) is 5. The number of nitrogens with one attached hydrogen (secondary N) is 2. The third kappa shape index (κ3) is 5.97. The van der Waals surface area contributed by atoms with Crippen LogP contribution in [-0.2, 0) is 22.6 Å². The van der Waals surface area contributed by atoms with Crippen molar-refractivity contribution >= 4 is 35.0 Å². The number of thioether (sulfide) groups is 1. The van der Waals surface area contributed by atoms with Crippen LogP contribution in [0.3, 0.4) is 0 Å². The Bertz CT molecular complexity index is 1140. The van der Waals surface area contributed by atoms with Crippen molar-refractivity contribution in [3.8, 4) is 0 Å². The summed E-state index contributed by atoms with van der Waals surface area (Å²) in [6.07, 6.45) is 0.114. The minimum absolute atomic E-state index is 0.113. The van der Waals surface area contributed by atoms with Gasteiger partial charge in [0.1, 0.15) is 5.82 Å². The predicted molar refractivity (Wildman–Crippen MR) is 129 cm³/mol. The Morgan fingerprint density at radius 3 is 1.94 bits per heavy atom. The van der Waals surface area contributed by atoms with Crippen LogP contribution in [0.1, 0.15) is 35.0 Å². The fraction of sp³-hybridized carbons (Fsp3) is 0.333. The van der Waals surface area contributed by atoms with E-state index in [0.717, 1.165) is 22.5 Å². The molecule has 0 unspecified atom stereocenters. The lowest BCUT2D eigenvalue weighted by atomic mass is 10.1. The molecule has 0 radical (unpaired) electrons. The van der Waals surface area contributed by atoms with Crippen LogP contribution in [0, 0.1) is 27.7 Å². The van der Waals surface area contributed by atoms with E-state index in [2.05, 4.69) is 20.8 Å². The number of carbonyl (C=O) groups is 2. The van der Waals surface area contributed by atoms with Gasteiger partial charge in [-0.25, -0.2) is 0 Å². The number of benzene rings is 2. The van der Waals surface area contributed by atoms with Crippen molar-refractivity contribution in [2.75, 3.05) is 16.4 Å². The second-order valence-electron chi connectivity index (χ2n) is 7.80. The zero-order valence-electron chi connectivity index (χ0n) is 19.2. The van der Waals surface area contributed by atoms with E-state index in [9.17, 15) is 9.59 Å². The Balaban J connectivity index is 1.58. The predicted octanol–water partition coefficient (Wildman–Crippen LogP) is 4.44. The summed E-state index contributed by atoms with van der Waals surface area (Å²) in [6, 6.07) is 11.7. The van der Waals surface area contributed by atoms with Crippen LogP contribution in [-0.4, -0.2) is 32.3 Å². The maximum Gasteiger partial charge on any atom is 0.234 e. The van der Waals surface area contributed by atoms with Gasteiger partial charge in [-0.05, 0) is 81.1 Å². The van der Waals surface area contributed by atoms with Gasteiger partial charge in [-0.2, -0.15) is 0 Å². The topological polar surface area (TPSA) is 88.9 Å². The summed E-state index contributed by atoms with van der Waals surface area (Å²) in [6.45, 7) is 10.7. The second-order valence-corrected chi connectivity index (χ2v) is 8.75. The summed E-state index contributed by atoms with van der Waals surface area (Å²) in [5.41, 5.74) is 6.15. The lowest BCUT2D eigenvalue weighted by molar-refractivity contribution is -0.116. The Kier molecular flexibility index (Phi) is 7.69. The molecule has 8 heteroatoms. The first-order valence-corrected chi connectivity index (χ1v) is 11.5. The number of rotatable bonds is 8. The SMILES string of the molecule is CCn1c(CC(=O)Nc2ccc(C)c(C)c2)nnc1SCC(=O)Nc1ccc(C)c(C)c1. The number of hydrogen-bond donors (Lipinski definition) is 2. The molecule has 7 nitrogen and oxygen atoms in total. The summed E-state index contributed by atoms with van der Waals surface area (Å²) in [5, 5.41) is 14.8. The van der Waals surface area contributed by atoms with Crippen LogP contribution in [0.15, 0.2) is 41.6 Å². The fourth-order valence-corrected chi connectivity index (χ4v) is 4.01. The summed E-state index contributed by atoms with van der Waals surface area (Å²) in [5.74, 6) is 0.517. The highest BCUT2D eigenvalue weighted by Gasteiger charge is 2.16. The van der Waals surface area contributed by atoms with Gasteiger partial charge in [0.2, 0.25) is 11.8 Å². The minimum atomic E-state index is -0.153. The molecule has 2 aromatic carbocycles. The van der Waals surface area contributed by atoms with Gasteiger partial charge in [-0.1, -0.05) is 23.9 Å². The average molecular weight is 452 g/mol. The van der Waals surface area contributed by atoms with E-state index in [1.807, 2.05) is 75.6 Å². The zero-order chi connectivity index (χ0) is 23.3. The maximum absolute atomic E-state index is 12.5. The first-order chi connectivity index (χ1) is 15.3. The van der Waals surface area contributed by atoms with Gasteiger partial charge in [0.25, 0.3) is 0 Å². The van der Waals surface area contributed by atoms with Gasteiger partial charge in [0, 0.05) is 17.9 Å². The van der Waals surface area contributed by atoms with Crippen LogP contribution < -0.4 is 10.6 Å². The van der Waals surface area contributed by atoms with Gasteiger partial charge in [-0.15, -0.1) is 10.2 Å². The molecule has 0 aliphatic carbocycles.